The Hall–Kier alpha value is -1.07. The maximum absolute atomic E-state index is 12.0. The molecule has 4 nitrogen and oxygen atoms in total. The van der Waals surface area contributed by atoms with Gasteiger partial charge in [-0.15, -0.1) is 0 Å². The second kappa shape index (κ2) is 4.66. The molecule has 1 aliphatic heterocycles. The molecular formula is C12H17NO3S. The third-order valence-electron chi connectivity index (χ3n) is 3.12. The number of rotatable bonds is 3. The zero-order valence-corrected chi connectivity index (χ0v) is 10.6. The molecule has 0 aliphatic carbocycles. The predicted octanol–water partition coefficient (Wildman–Crippen LogP) is 1.23. The molecule has 94 valence electrons. The van der Waals surface area contributed by atoms with Crippen LogP contribution >= 0.6 is 0 Å². The number of phenolic OH excluding ortho intramolecular Hbond substituents is 1. The summed E-state index contributed by atoms with van der Waals surface area (Å²) in [5.74, 6) is 0.360. The Morgan fingerprint density at radius 2 is 2.00 bits per heavy atom. The Kier molecular flexibility index (Phi) is 3.40. The lowest BCUT2D eigenvalue weighted by atomic mass is 10.1. The van der Waals surface area contributed by atoms with Crippen LogP contribution in [-0.2, 0) is 9.84 Å². The van der Waals surface area contributed by atoms with Gasteiger partial charge in [0.1, 0.15) is 5.75 Å². The fourth-order valence-electron chi connectivity index (χ4n) is 2.33. The van der Waals surface area contributed by atoms with Gasteiger partial charge in [-0.05, 0) is 30.7 Å². The lowest BCUT2D eigenvalue weighted by Crippen LogP contribution is -2.29. The van der Waals surface area contributed by atoms with E-state index >= 15 is 0 Å². The summed E-state index contributed by atoms with van der Waals surface area (Å²) in [6, 6.07) is 6.48. The SMILES string of the molecule is CCNC1C[C@H](c2ccc(O)cc2)S(=O)(=O)C1. The molecule has 1 aliphatic rings. The molecule has 1 heterocycles. The zero-order chi connectivity index (χ0) is 12.5. The molecule has 0 aromatic heterocycles. The molecule has 0 spiro atoms. The Morgan fingerprint density at radius 1 is 1.35 bits per heavy atom. The van der Waals surface area contributed by atoms with E-state index < -0.39 is 15.1 Å². The van der Waals surface area contributed by atoms with Gasteiger partial charge in [0.05, 0.1) is 11.0 Å². The first-order valence-electron chi connectivity index (χ1n) is 5.77. The first-order chi connectivity index (χ1) is 8.03. The minimum Gasteiger partial charge on any atom is -0.508 e. The Labute approximate surface area is 102 Å². The highest BCUT2D eigenvalue weighted by atomic mass is 32.2. The van der Waals surface area contributed by atoms with Crippen molar-refractivity contribution in [3.05, 3.63) is 29.8 Å². The van der Waals surface area contributed by atoms with Crippen LogP contribution in [0.5, 0.6) is 5.75 Å². The van der Waals surface area contributed by atoms with Gasteiger partial charge in [0.25, 0.3) is 0 Å². The van der Waals surface area contributed by atoms with E-state index in [4.69, 9.17) is 0 Å². The van der Waals surface area contributed by atoms with Gasteiger partial charge in [0.2, 0.25) is 0 Å². The highest BCUT2D eigenvalue weighted by Crippen LogP contribution is 2.35. The molecule has 0 amide bonds. The van der Waals surface area contributed by atoms with E-state index in [2.05, 4.69) is 5.32 Å². The topological polar surface area (TPSA) is 66.4 Å². The monoisotopic (exact) mass is 255 g/mol. The van der Waals surface area contributed by atoms with Crippen LogP contribution in [0.3, 0.4) is 0 Å². The third-order valence-corrected chi connectivity index (χ3v) is 5.32. The number of benzene rings is 1. The van der Waals surface area contributed by atoms with Gasteiger partial charge >= 0.3 is 0 Å². The van der Waals surface area contributed by atoms with Crippen molar-refractivity contribution in [2.75, 3.05) is 12.3 Å². The van der Waals surface area contributed by atoms with E-state index in [1.165, 1.54) is 12.1 Å². The smallest absolute Gasteiger partial charge is 0.158 e. The van der Waals surface area contributed by atoms with Crippen LogP contribution in [0.1, 0.15) is 24.2 Å². The van der Waals surface area contributed by atoms with E-state index in [0.717, 1.165) is 12.1 Å². The molecule has 2 N–H and O–H groups in total. The first-order valence-corrected chi connectivity index (χ1v) is 7.48. The number of hydrogen-bond donors (Lipinski definition) is 2. The fourth-order valence-corrected chi connectivity index (χ4v) is 4.48. The summed E-state index contributed by atoms with van der Waals surface area (Å²) in [6.45, 7) is 2.75. The van der Waals surface area contributed by atoms with Crippen LogP contribution in [0.4, 0.5) is 0 Å². The number of nitrogens with one attached hydrogen (secondary N) is 1. The second-order valence-corrected chi connectivity index (χ2v) is 6.63. The molecule has 2 rings (SSSR count). The van der Waals surface area contributed by atoms with Crippen molar-refractivity contribution in [3.63, 3.8) is 0 Å². The first kappa shape index (κ1) is 12.4. The molecule has 1 aromatic carbocycles. The van der Waals surface area contributed by atoms with Gasteiger partial charge in [0.15, 0.2) is 9.84 Å². The predicted molar refractivity (Wildman–Crippen MR) is 66.7 cm³/mol. The Bertz CT molecular complexity index is 481. The maximum Gasteiger partial charge on any atom is 0.158 e. The molecule has 0 saturated carbocycles. The van der Waals surface area contributed by atoms with Gasteiger partial charge < -0.3 is 10.4 Å². The molecule has 17 heavy (non-hydrogen) atoms. The lowest BCUT2D eigenvalue weighted by Gasteiger charge is -2.10. The van der Waals surface area contributed by atoms with Crippen LogP contribution in [-0.4, -0.2) is 31.9 Å². The van der Waals surface area contributed by atoms with E-state index in [1.807, 2.05) is 6.92 Å². The quantitative estimate of drug-likeness (QED) is 0.852. The molecular weight excluding hydrogens is 238 g/mol. The lowest BCUT2D eigenvalue weighted by molar-refractivity contribution is 0.475. The summed E-state index contributed by atoms with van der Waals surface area (Å²) in [6.07, 6.45) is 0.612. The van der Waals surface area contributed by atoms with Crippen molar-refractivity contribution in [2.24, 2.45) is 0 Å². The van der Waals surface area contributed by atoms with E-state index in [1.54, 1.807) is 12.1 Å². The summed E-state index contributed by atoms with van der Waals surface area (Å²) < 4.78 is 24.1. The van der Waals surface area contributed by atoms with Crippen LogP contribution < -0.4 is 5.32 Å². The van der Waals surface area contributed by atoms with Gasteiger partial charge in [-0.25, -0.2) is 8.42 Å². The van der Waals surface area contributed by atoms with Crippen molar-refractivity contribution in [3.8, 4) is 5.75 Å². The maximum atomic E-state index is 12.0. The van der Waals surface area contributed by atoms with Gasteiger partial charge in [-0.1, -0.05) is 19.1 Å². The second-order valence-electron chi connectivity index (χ2n) is 4.40. The summed E-state index contributed by atoms with van der Waals surface area (Å²) in [5.41, 5.74) is 0.767. The highest BCUT2D eigenvalue weighted by Gasteiger charge is 2.38. The summed E-state index contributed by atoms with van der Waals surface area (Å²) in [7, 11) is -3.07. The number of aromatic hydroxyl groups is 1. The van der Waals surface area contributed by atoms with Crippen molar-refractivity contribution in [2.45, 2.75) is 24.6 Å². The average Bonchev–Trinajstić information content (AvgIpc) is 2.55. The standard InChI is InChI=1S/C12H17NO3S/c1-2-13-10-7-12(17(15,16)8-10)9-3-5-11(14)6-4-9/h3-6,10,12-14H,2,7-8H2,1H3/t10?,12-/m1/s1. The van der Waals surface area contributed by atoms with Gasteiger partial charge in [-0.3, -0.25) is 0 Å². The Balaban J connectivity index is 2.24. The van der Waals surface area contributed by atoms with Crippen molar-refractivity contribution < 1.29 is 13.5 Å². The van der Waals surface area contributed by atoms with E-state index in [9.17, 15) is 13.5 Å². The average molecular weight is 255 g/mol. The van der Waals surface area contributed by atoms with Crippen LogP contribution in [0.2, 0.25) is 0 Å². The highest BCUT2D eigenvalue weighted by molar-refractivity contribution is 7.92. The molecule has 1 saturated heterocycles. The minimum absolute atomic E-state index is 0.0452. The third kappa shape index (κ3) is 2.61. The van der Waals surface area contributed by atoms with E-state index in [0.29, 0.717) is 6.42 Å². The van der Waals surface area contributed by atoms with Crippen molar-refractivity contribution >= 4 is 9.84 Å². The molecule has 5 heteroatoms. The number of phenols is 1. The minimum atomic E-state index is -3.07. The normalized spacial score (nSPS) is 27.1. The molecule has 2 atom stereocenters. The molecule has 1 fully saturated rings. The fraction of sp³-hybridized carbons (Fsp3) is 0.500. The van der Waals surface area contributed by atoms with Crippen LogP contribution in [0.15, 0.2) is 24.3 Å². The van der Waals surface area contributed by atoms with Crippen LogP contribution in [0.25, 0.3) is 0 Å². The largest absolute Gasteiger partial charge is 0.508 e. The molecule has 1 unspecified atom stereocenters. The number of sulfone groups is 1. The summed E-state index contributed by atoms with van der Waals surface area (Å²) >= 11 is 0. The molecule has 1 aromatic rings. The van der Waals surface area contributed by atoms with Crippen LogP contribution in [0, 0.1) is 0 Å². The molecule has 0 radical (unpaired) electrons. The number of hydrogen-bond acceptors (Lipinski definition) is 4. The van der Waals surface area contributed by atoms with Crippen molar-refractivity contribution in [1.29, 1.82) is 0 Å². The van der Waals surface area contributed by atoms with Crippen molar-refractivity contribution in [1.82, 2.24) is 5.32 Å². The summed E-state index contributed by atoms with van der Waals surface area (Å²) in [4.78, 5) is 0. The van der Waals surface area contributed by atoms with E-state index in [-0.39, 0.29) is 17.5 Å². The van der Waals surface area contributed by atoms with Gasteiger partial charge in [0, 0.05) is 6.04 Å². The Morgan fingerprint density at radius 3 is 2.59 bits per heavy atom. The van der Waals surface area contributed by atoms with Gasteiger partial charge in [-0.2, -0.15) is 0 Å². The zero-order valence-electron chi connectivity index (χ0n) is 9.76. The summed E-state index contributed by atoms with van der Waals surface area (Å²) in [5, 5.41) is 11.9. The molecule has 0 bridgehead atoms.